The van der Waals surface area contributed by atoms with E-state index in [4.69, 9.17) is 4.55 Å². The number of aliphatic hydroxyl groups excluding tert-OH is 1. The summed E-state index contributed by atoms with van der Waals surface area (Å²) in [5.41, 5.74) is -1.88. The van der Waals surface area contributed by atoms with Crippen molar-refractivity contribution in [2.24, 2.45) is 0 Å². The van der Waals surface area contributed by atoms with Gasteiger partial charge >= 0.3 is 0 Å². The lowest BCUT2D eigenvalue weighted by Crippen LogP contribution is -2.16. The van der Waals surface area contributed by atoms with Gasteiger partial charge in [-0.25, -0.2) is 4.98 Å². The lowest BCUT2D eigenvalue weighted by molar-refractivity contribution is 0.227. The topological polar surface area (TPSA) is 92.4 Å². The fraction of sp³-hybridized carbons (Fsp3) is 0.571. The van der Waals surface area contributed by atoms with Crippen molar-refractivity contribution in [2.45, 2.75) is 25.3 Å². The summed E-state index contributed by atoms with van der Waals surface area (Å²) in [6.07, 6.45) is 2.60. The molecule has 14 heavy (non-hydrogen) atoms. The van der Waals surface area contributed by atoms with Crippen LogP contribution in [0.3, 0.4) is 0 Å². The van der Waals surface area contributed by atoms with E-state index in [2.05, 4.69) is 4.98 Å². The second-order valence-electron chi connectivity index (χ2n) is 3.19. The highest BCUT2D eigenvalue weighted by Crippen LogP contribution is 2.20. The molecule has 0 aliphatic heterocycles. The summed E-state index contributed by atoms with van der Waals surface area (Å²) in [4.78, 5) is 3.71. The van der Waals surface area contributed by atoms with Crippen molar-refractivity contribution in [3.8, 4) is 0 Å². The normalized spacial score (nSPS) is 14.6. The minimum atomic E-state index is -4.49. The molecular formula is C7H12N2O4S. The molecule has 0 saturated heterocycles. The fourth-order valence-electron chi connectivity index (χ4n) is 1.09. The zero-order valence-corrected chi connectivity index (χ0v) is 8.64. The predicted molar refractivity (Wildman–Crippen MR) is 49.1 cm³/mol. The average Bonchev–Trinajstić information content (AvgIpc) is 2.48. The summed E-state index contributed by atoms with van der Waals surface area (Å²) in [6, 6.07) is -0.0381. The predicted octanol–water partition coefficient (Wildman–Crippen LogP) is 0.343. The number of hydrogen-bond acceptors (Lipinski definition) is 4. The lowest BCUT2D eigenvalue weighted by atomic mass is 10.3. The molecule has 0 bridgehead atoms. The van der Waals surface area contributed by atoms with Gasteiger partial charge in [0.25, 0.3) is 10.1 Å². The van der Waals surface area contributed by atoms with Gasteiger partial charge in [-0.1, -0.05) is 0 Å². The van der Waals surface area contributed by atoms with Crippen LogP contribution in [0.4, 0.5) is 0 Å². The van der Waals surface area contributed by atoms with Crippen LogP contribution in [-0.2, 0) is 10.1 Å². The van der Waals surface area contributed by atoms with Crippen molar-refractivity contribution in [3.05, 3.63) is 18.2 Å². The first-order chi connectivity index (χ1) is 6.34. The molecular weight excluding hydrogens is 208 g/mol. The molecule has 1 atom stereocenters. The molecule has 0 radical (unpaired) electrons. The maximum absolute atomic E-state index is 10.7. The smallest absolute Gasteiger partial charge is 0.298 e. The molecule has 0 amide bonds. The van der Waals surface area contributed by atoms with E-state index in [1.54, 1.807) is 0 Å². The maximum atomic E-state index is 10.7. The van der Waals surface area contributed by atoms with Crippen molar-refractivity contribution in [3.63, 3.8) is 0 Å². The van der Waals surface area contributed by atoms with Crippen LogP contribution in [0, 0.1) is 0 Å². The molecule has 6 nitrogen and oxygen atoms in total. The van der Waals surface area contributed by atoms with E-state index in [1.807, 2.05) is 13.8 Å². The Hall–Kier alpha value is -0.920. The van der Waals surface area contributed by atoms with E-state index in [1.165, 1.54) is 17.1 Å². The Morgan fingerprint density at radius 1 is 1.50 bits per heavy atom. The van der Waals surface area contributed by atoms with E-state index < -0.39 is 15.6 Å². The Kier molecular flexibility index (Phi) is 2.93. The van der Waals surface area contributed by atoms with Gasteiger partial charge in [-0.3, -0.25) is 4.55 Å². The number of rotatable bonds is 3. The van der Waals surface area contributed by atoms with Crippen LogP contribution in [0.5, 0.6) is 0 Å². The monoisotopic (exact) mass is 220 g/mol. The molecule has 0 saturated carbocycles. The first-order valence-corrected chi connectivity index (χ1v) is 5.50. The molecule has 1 rings (SSSR count). The largest absolute Gasteiger partial charge is 0.370 e. The molecule has 0 aliphatic rings. The van der Waals surface area contributed by atoms with E-state index in [9.17, 15) is 13.5 Å². The zero-order chi connectivity index (χ0) is 10.9. The van der Waals surface area contributed by atoms with Crippen LogP contribution < -0.4 is 0 Å². The van der Waals surface area contributed by atoms with E-state index in [-0.39, 0.29) is 11.7 Å². The van der Waals surface area contributed by atoms with Gasteiger partial charge in [-0.15, -0.1) is 0 Å². The Balaban J connectivity index is 3.14. The molecule has 80 valence electrons. The SMILES string of the molecule is CC(C)n1cncc1C(O)S(=O)(=O)O. The van der Waals surface area contributed by atoms with Gasteiger partial charge < -0.3 is 9.67 Å². The molecule has 0 aromatic carbocycles. The molecule has 0 aliphatic carbocycles. The minimum Gasteiger partial charge on any atom is -0.370 e. The quantitative estimate of drug-likeness (QED) is 0.717. The summed E-state index contributed by atoms with van der Waals surface area (Å²) in [5, 5.41) is 9.28. The molecule has 2 N–H and O–H groups in total. The van der Waals surface area contributed by atoms with E-state index in [0.717, 1.165) is 0 Å². The highest BCUT2D eigenvalue weighted by atomic mass is 32.2. The van der Waals surface area contributed by atoms with Gasteiger partial charge in [0.15, 0.2) is 0 Å². The standard InChI is InChI=1S/C7H12N2O4S/c1-5(2)9-4-8-3-6(9)7(10)14(11,12)13/h3-5,7,10H,1-2H3,(H,11,12,13). The van der Waals surface area contributed by atoms with E-state index in [0.29, 0.717) is 0 Å². The number of aliphatic hydroxyl groups is 1. The Morgan fingerprint density at radius 2 is 2.07 bits per heavy atom. The third-order valence-corrected chi connectivity index (χ3v) is 2.59. The Bertz CT molecular complexity index is 409. The molecule has 1 unspecified atom stereocenters. The second-order valence-corrected chi connectivity index (χ2v) is 4.66. The number of aromatic nitrogens is 2. The van der Waals surface area contributed by atoms with Gasteiger partial charge in [0, 0.05) is 6.04 Å². The van der Waals surface area contributed by atoms with Crippen molar-refractivity contribution < 1.29 is 18.1 Å². The summed E-state index contributed by atoms with van der Waals surface area (Å²) in [5.74, 6) is 0. The molecule has 1 aromatic rings. The zero-order valence-electron chi connectivity index (χ0n) is 7.82. The van der Waals surface area contributed by atoms with Crippen LogP contribution in [0.1, 0.15) is 31.0 Å². The van der Waals surface area contributed by atoms with E-state index >= 15 is 0 Å². The number of nitrogens with zero attached hydrogens (tertiary/aromatic N) is 2. The van der Waals surface area contributed by atoms with Crippen LogP contribution in [0.15, 0.2) is 12.5 Å². The Morgan fingerprint density at radius 3 is 2.50 bits per heavy atom. The first-order valence-electron chi connectivity index (χ1n) is 4.00. The number of imidazole rings is 1. The van der Waals surface area contributed by atoms with Crippen LogP contribution in [0.25, 0.3) is 0 Å². The first kappa shape index (κ1) is 11.2. The van der Waals surface area contributed by atoms with Crippen molar-refractivity contribution in [1.29, 1.82) is 0 Å². The average molecular weight is 220 g/mol. The van der Waals surface area contributed by atoms with Gasteiger partial charge in [0.1, 0.15) is 0 Å². The highest BCUT2D eigenvalue weighted by Gasteiger charge is 2.25. The molecule has 7 heteroatoms. The summed E-state index contributed by atoms with van der Waals surface area (Å²) >= 11 is 0. The number of hydrogen-bond donors (Lipinski definition) is 2. The van der Waals surface area contributed by atoms with Gasteiger partial charge in [-0.05, 0) is 13.8 Å². The van der Waals surface area contributed by atoms with Crippen LogP contribution >= 0.6 is 0 Å². The second kappa shape index (κ2) is 3.68. The van der Waals surface area contributed by atoms with Crippen LogP contribution in [-0.4, -0.2) is 27.6 Å². The van der Waals surface area contributed by atoms with Crippen molar-refractivity contribution >= 4 is 10.1 Å². The molecule has 0 spiro atoms. The summed E-state index contributed by atoms with van der Waals surface area (Å²) in [6.45, 7) is 3.61. The maximum Gasteiger partial charge on any atom is 0.298 e. The van der Waals surface area contributed by atoms with Crippen molar-refractivity contribution in [2.75, 3.05) is 0 Å². The third-order valence-electron chi connectivity index (χ3n) is 1.79. The molecule has 1 heterocycles. The third kappa shape index (κ3) is 2.11. The summed E-state index contributed by atoms with van der Waals surface area (Å²) < 4.78 is 31.5. The van der Waals surface area contributed by atoms with Gasteiger partial charge in [-0.2, -0.15) is 8.42 Å². The Labute approximate surface area is 82.0 Å². The molecule has 0 fully saturated rings. The van der Waals surface area contributed by atoms with Gasteiger partial charge in [0.2, 0.25) is 5.44 Å². The fourth-order valence-corrected chi connectivity index (χ4v) is 1.58. The van der Waals surface area contributed by atoms with Crippen LogP contribution in [0.2, 0.25) is 0 Å². The van der Waals surface area contributed by atoms with Crippen molar-refractivity contribution in [1.82, 2.24) is 9.55 Å². The minimum absolute atomic E-state index is 0.0381. The lowest BCUT2D eigenvalue weighted by Gasteiger charge is -2.14. The van der Waals surface area contributed by atoms with Gasteiger partial charge in [0.05, 0.1) is 18.2 Å². The summed E-state index contributed by atoms with van der Waals surface area (Å²) in [7, 11) is -4.49. The molecule has 1 aromatic heterocycles. The highest BCUT2D eigenvalue weighted by molar-refractivity contribution is 7.85.